The molecule has 0 bridgehead atoms. The van der Waals surface area contributed by atoms with Gasteiger partial charge in [0.05, 0.1) is 6.04 Å². The quantitative estimate of drug-likeness (QED) is 0.639. The van der Waals surface area contributed by atoms with Gasteiger partial charge in [-0.1, -0.05) is 48.0 Å². The Hall–Kier alpha value is -1.27. The molecule has 0 saturated carbocycles. The van der Waals surface area contributed by atoms with Gasteiger partial charge in [0.2, 0.25) is 0 Å². The summed E-state index contributed by atoms with van der Waals surface area (Å²) in [6.07, 6.45) is 0.880. The van der Waals surface area contributed by atoms with Crippen LogP contribution in [0.15, 0.2) is 42.5 Å². The second kappa shape index (κ2) is 7.54. The predicted octanol–water partition coefficient (Wildman–Crippen LogP) is 4.24. The first-order valence-electron chi connectivity index (χ1n) is 8.48. The molecule has 0 aliphatic carbocycles. The summed E-state index contributed by atoms with van der Waals surface area (Å²) in [4.78, 5) is 6.81. The van der Waals surface area contributed by atoms with Crippen molar-refractivity contribution in [3.8, 4) is 0 Å². The number of anilines is 1. The minimum atomic E-state index is -1.13. The summed E-state index contributed by atoms with van der Waals surface area (Å²) < 4.78 is 15.5. The van der Waals surface area contributed by atoms with E-state index in [2.05, 4.69) is 26.7 Å². The molecule has 1 N–H and O–H groups in total. The van der Waals surface area contributed by atoms with Gasteiger partial charge in [-0.05, 0) is 38.8 Å². The number of nitrogens with zero attached hydrogens (tertiary/aromatic N) is 2. The van der Waals surface area contributed by atoms with Gasteiger partial charge in [-0.25, -0.2) is 4.98 Å². The van der Waals surface area contributed by atoms with Gasteiger partial charge in [-0.3, -0.25) is 0 Å². The second-order valence-electron chi connectivity index (χ2n) is 7.29. The Kier molecular flexibility index (Phi) is 5.58. The first kappa shape index (κ1) is 18.5. The molecule has 2 aromatic rings. The molecular formula is C19H24ClN3OS. The Morgan fingerprint density at radius 2 is 1.96 bits per heavy atom. The highest BCUT2D eigenvalue weighted by molar-refractivity contribution is 7.90. The Morgan fingerprint density at radius 3 is 2.64 bits per heavy atom. The second-order valence-corrected chi connectivity index (χ2v) is 9.68. The lowest BCUT2D eigenvalue weighted by Gasteiger charge is -2.36. The molecule has 1 aromatic carbocycles. The number of hydrogen-bond acceptors (Lipinski definition) is 4. The maximum atomic E-state index is 12.5. The van der Waals surface area contributed by atoms with Gasteiger partial charge in [0, 0.05) is 30.0 Å². The fraction of sp³-hybridized carbons (Fsp3) is 0.421. The monoisotopic (exact) mass is 377 g/mol. The molecule has 0 saturated heterocycles. The van der Waals surface area contributed by atoms with Crippen molar-refractivity contribution in [1.82, 2.24) is 9.71 Å². The Labute approximate surface area is 157 Å². The van der Waals surface area contributed by atoms with Crippen LogP contribution in [0.2, 0.25) is 5.15 Å². The largest absolute Gasteiger partial charge is 0.598 e. The van der Waals surface area contributed by atoms with Crippen LogP contribution in [0.5, 0.6) is 0 Å². The highest BCUT2D eigenvalue weighted by atomic mass is 35.5. The van der Waals surface area contributed by atoms with E-state index in [1.807, 2.05) is 45.0 Å². The molecule has 2 unspecified atom stereocenters. The Bertz CT molecular complexity index is 720. The smallest absolute Gasteiger partial charge is 0.136 e. The SMILES string of the molecule is CC(C)(C)[S+]([O-])NC1CCN(Cc2ccccc2)c2nc(Cl)ccc21. The first-order valence-corrected chi connectivity index (χ1v) is 10.0. The molecule has 4 nitrogen and oxygen atoms in total. The summed E-state index contributed by atoms with van der Waals surface area (Å²) in [5.41, 5.74) is 2.30. The molecular weight excluding hydrogens is 354 g/mol. The summed E-state index contributed by atoms with van der Waals surface area (Å²) in [7, 11) is 0. The lowest BCUT2D eigenvalue weighted by Crippen LogP contribution is -2.44. The van der Waals surface area contributed by atoms with Crippen molar-refractivity contribution in [2.24, 2.45) is 0 Å². The van der Waals surface area contributed by atoms with Gasteiger partial charge < -0.3 is 9.45 Å². The van der Waals surface area contributed by atoms with Crippen molar-refractivity contribution in [3.63, 3.8) is 0 Å². The Balaban J connectivity index is 1.85. The molecule has 6 heteroatoms. The molecule has 3 rings (SSSR count). The third-order valence-electron chi connectivity index (χ3n) is 4.26. The molecule has 2 heterocycles. The molecule has 134 valence electrons. The molecule has 0 fully saturated rings. The highest BCUT2D eigenvalue weighted by Crippen LogP contribution is 2.35. The van der Waals surface area contributed by atoms with Crippen molar-refractivity contribution in [2.75, 3.05) is 11.4 Å². The number of rotatable bonds is 4. The summed E-state index contributed by atoms with van der Waals surface area (Å²) in [6, 6.07) is 14.2. The average Bonchev–Trinajstić information content (AvgIpc) is 2.57. The summed E-state index contributed by atoms with van der Waals surface area (Å²) in [5.74, 6) is 0.881. The number of halogens is 1. The zero-order valence-electron chi connectivity index (χ0n) is 14.8. The standard InChI is InChI=1S/C19H24ClN3OS/c1-19(2,3)25(24)22-16-11-12-23(13-14-7-5-4-6-8-14)18-15(16)9-10-17(20)21-18/h4-10,16,22H,11-13H2,1-3H3. The fourth-order valence-corrected chi connectivity index (χ4v) is 3.89. The minimum Gasteiger partial charge on any atom is -0.598 e. The summed E-state index contributed by atoms with van der Waals surface area (Å²) >= 11 is 5.03. The third-order valence-corrected chi connectivity index (χ3v) is 6.08. The zero-order chi connectivity index (χ0) is 18.0. The Morgan fingerprint density at radius 1 is 1.24 bits per heavy atom. The van der Waals surface area contributed by atoms with Gasteiger partial charge in [0.15, 0.2) is 0 Å². The summed E-state index contributed by atoms with van der Waals surface area (Å²) in [6.45, 7) is 7.55. The van der Waals surface area contributed by atoms with E-state index in [1.54, 1.807) is 6.07 Å². The van der Waals surface area contributed by atoms with Crippen molar-refractivity contribution < 1.29 is 4.55 Å². The number of aromatic nitrogens is 1. The number of benzene rings is 1. The minimum absolute atomic E-state index is 0.0202. The lowest BCUT2D eigenvalue weighted by molar-refractivity contribution is 0.497. The zero-order valence-corrected chi connectivity index (χ0v) is 16.4. The van der Waals surface area contributed by atoms with Crippen LogP contribution < -0.4 is 9.62 Å². The first-order chi connectivity index (χ1) is 11.8. The van der Waals surface area contributed by atoms with Crippen molar-refractivity contribution in [1.29, 1.82) is 0 Å². The van der Waals surface area contributed by atoms with Crippen LogP contribution in [-0.4, -0.2) is 20.8 Å². The van der Waals surface area contributed by atoms with Gasteiger partial charge in [-0.2, -0.15) is 0 Å². The summed E-state index contributed by atoms with van der Waals surface area (Å²) in [5, 5.41) is 0.481. The van der Waals surface area contributed by atoms with Crippen LogP contribution in [0.4, 0.5) is 5.82 Å². The fourth-order valence-electron chi connectivity index (χ4n) is 2.89. The van der Waals surface area contributed by atoms with Crippen LogP contribution >= 0.6 is 11.6 Å². The molecule has 2 atom stereocenters. The molecule has 1 aromatic heterocycles. The van der Waals surface area contributed by atoms with E-state index in [4.69, 9.17) is 11.6 Å². The normalized spacial score (nSPS) is 18.8. The third kappa shape index (κ3) is 4.47. The highest BCUT2D eigenvalue weighted by Gasteiger charge is 2.34. The molecule has 0 radical (unpaired) electrons. The molecule has 1 aliphatic rings. The topological polar surface area (TPSA) is 51.2 Å². The van der Waals surface area contributed by atoms with E-state index in [0.29, 0.717) is 5.15 Å². The van der Waals surface area contributed by atoms with Gasteiger partial charge in [-0.15, -0.1) is 4.72 Å². The van der Waals surface area contributed by atoms with Crippen molar-refractivity contribution in [3.05, 3.63) is 58.7 Å². The lowest BCUT2D eigenvalue weighted by atomic mass is 10.00. The molecule has 25 heavy (non-hydrogen) atoms. The van der Waals surface area contributed by atoms with E-state index in [0.717, 1.165) is 30.9 Å². The molecule has 0 amide bonds. The molecule has 0 spiro atoms. The number of pyridine rings is 1. The number of fused-ring (bicyclic) bond motifs is 1. The van der Waals surface area contributed by atoms with E-state index < -0.39 is 11.4 Å². The van der Waals surface area contributed by atoms with E-state index in [9.17, 15) is 4.55 Å². The number of nitrogens with one attached hydrogen (secondary N) is 1. The van der Waals surface area contributed by atoms with Crippen molar-refractivity contribution in [2.45, 2.75) is 44.5 Å². The van der Waals surface area contributed by atoms with Gasteiger partial charge >= 0.3 is 0 Å². The number of hydrogen-bond donors (Lipinski definition) is 1. The van der Waals surface area contributed by atoms with Crippen molar-refractivity contribution >= 4 is 28.8 Å². The maximum Gasteiger partial charge on any atom is 0.136 e. The van der Waals surface area contributed by atoms with E-state index >= 15 is 0 Å². The van der Waals surface area contributed by atoms with Crippen LogP contribution in [0.1, 0.15) is 44.4 Å². The van der Waals surface area contributed by atoms with E-state index in [1.165, 1.54) is 5.56 Å². The average molecular weight is 378 g/mol. The van der Waals surface area contributed by atoms with Crippen LogP contribution in [0.3, 0.4) is 0 Å². The van der Waals surface area contributed by atoms with Gasteiger partial charge in [0.25, 0.3) is 0 Å². The maximum absolute atomic E-state index is 12.5. The van der Waals surface area contributed by atoms with Gasteiger partial charge in [0.1, 0.15) is 15.7 Å². The molecule has 1 aliphatic heterocycles. The van der Waals surface area contributed by atoms with Crippen LogP contribution in [0, 0.1) is 0 Å². The predicted molar refractivity (Wildman–Crippen MR) is 105 cm³/mol. The van der Waals surface area contributed by atoms with E-state index in [-0.39, 0.29) is 10.8 Å². The van der Waals surface area contributed by atoms with Crippen LogP contribution in [0.25, 0.3) is 0 Å². The van der Waals surface area contributed by atoms with Crippen LogP contribution in [-0.2, 0) is 17.9 Å².